The van der Waals surface area contributed by atoms with Gasteiger partial charge in [0.2, 0.25) is 0 Å². The maximum absolute atomic E-state index is 10.4. The molecular weight excluding hydrogens is 188 g/mol. The number of carboxylic acid groups (broad SMARTS) is 1. The van der Waals surface area contributed by atoms with E-state index in [1.165, 1.54) is 0 Å². The molecule has 1 heterocycles. The van der Waals surface area contributed by atoms with Gasteiger partial charge in [0.25, 0.3) is 0 Å². The summed E-state index contributed by atoms with van der Waals surface area (Å²) in [6.07, 6.45) is 1.25. The quantitative estimate of drug-likeness (QED) is 0.702. The Bertz CT molecular complexity index is 215. The second kappa shape index (κ2) is 4.67. The first kappa shape index (κ1) is 10.6. The number of carbonyl (C=O) groups is 1. The van der Waals surface area contributed by atoms with Crippen molar-refractivity contribution in [3.63, 3.8) is 0 Å². The topological polar surface area (TPSA) is 46.5 Å². The largest absolute Gasteiger partial charge is 0.478 e. The molecule has 1 saturated heterocycles. The molecule has 0 bridgehead atoms. The molecule has 0 spiro atoms. The smallest absolute Gasteiger partial charge is 0.331 e. The van der Waals surface area contributed by atoms with Crippen LogP contribution < -0.4 is 0 Å². The van der Waals surface area contributed by atoms with Gasteiger partial charge >= 0.3 is 5.97 Å². The normalized spacial score (nSPS) is 27.5. The summed E-state index contributed by atoms with van der Waals surface area (Å²) in [6, 6.07) is 0. The van der Waals surface area contributed by atoms with E-state index >= 15 is 0 Å². The molecule has 2 atom stereocenters. The standard InChI is InChI=1S/C9H14O3S/c1-6(9(10)11)5-13-8-3-4-12-7(8)2/h7-8H,1,3-5H2,2H3,(H,10,11). The molecule has 0 saturated carbocycles. The van der Waals surface area contributed by atoms with Crippen LogP contribution in [0.25, 0.3) is 0 Å². The maximum Gasteiger partial charge on any atom is 0.331 e. The van der Waals surface area contributed by atoms with Crippen molar-refractivity contribution in [2.24, 2.45) is 0 Å². The van der Waals surface area contributed by atoms with Gasteiger partial charge in [-0.15, -0.1) is 0 Å². The monoisotopic (exact) mass is 202 g/mol. The van der Waals surface area contributed by atoms with Crippen LogP contribution in [0, 0.1) is 0 Å². The van der Waals surface area contributed by atoms with Gasteiger partial charge < -0.3 is 9.84 Å². The van der Waals surface area contributed by atoms with Crippen LogP contribution in [0.3, 0.4) is 0 Å². The van der Waals surface area contributed by atoms with Crippen LogP contribution >= 0.6 is 11.8 Å². The van der Waals surface area contributed by atoms with Crippen molar-refractivity contribution >= 4 is 17.7 Å². The van der Waals surface area contributed by atoms with E-state index in [1.807, 2.05) is 6.92 Å². The van der Waals surface area contributed by atoms with Gasteiger partial charge in [-0.25, -0.2) is 4.79 Å². The number of aliphatic carboxylic acids is 1. The van der Waals surface area contributed by atoms with E-state index in [0.717, 1.165) is 13.0 Å². The third-order valence-corrected chi connectivity index (χ3v) is 3.64. The second-order valence-corrected chi connectivity index (χ2v) is 4.35. The highest BCUT2D eigenvalue weighted by Gasteiger charge is 2.24. The van der Waals surface area contributed by atoms with Gasteiger partial charge in [0.15, 0.2) is 0 Å². The first-order chi connectivity index (χ1) is 6.11. The summed E-state index contributed by atoms with van der Waals surface area (Å²) in [5.41, 5.74) is 0.268. The van der Waals surface area contributed by atoms with E-state index in [0.29, 0.717) is 11.0 Å². The molecule has 0 aliphatic carbocycles. The third kappa shape index (κ3) is 3.04. The van der Waals surface area contributed by atoms with Gasteiger partial charge in [-0.05, 0) is 13.3 Å². The highest BCUT2D eigenvalue weighted by molar-refractivity contribution is 8.00. The van der Waals surface area contributed by atoms with E-state index in [1.54, 1.807) is 11.8 Å². The van der Waals surface area contributed by atoms with Crippen molar-refractivity contribution < 1.29 is 14.6 Å². The fourth-order valence-electron chi connectivity index (χ4n) is 1.20. The average Bonchev–Trinajstić information content (AvgIpc) is 2.47. The van der Waals surface area contributed by atoms with Crippen LogP contribution in [0.2, 0.25) is 0 Å². The Hall–Kier alpha value is -0.480. The van der Waals surface area contributed by atoms with Crippen molar-refractivity contribution in [1.29, 1.82) is 0 Å². The maximum atomic E-state index is 10.4. The van der Waals surface area contributed by atoms with Crippen molar-refractivity contribution in [3.8, 4) is 0 Å². The van der Waals surface area contributed by atoms with Crippen molar-refractivity contribution in [3.05, 3.63) is 12.2 Å². The SMILES string of the molecule is C=C(CSC1CCOC1C)C(=O)O. The Labute approximate surface area is 82.2 Å². The molecule has 1 aliphatic rings. The van der Waals surface area contributed by atoms with E-state index < -0.39 is 5.97 Å². The van der Waals surface area contributed by atoms with Crippen molar-refractivity contribution in [1.82, 2.24) is 0 Å². The van der Waals surface area contributed by atoms with E-state index in [2.05, 4.69) is 6.58 Å². The van der Waals surface area contributed by atoms with Crippen LogP contribution in [0.5, 0.6) is 0 Å². The number of thioether (sulfide) groups is 1. The highest BCUT2D eigenvalue weighted by Crippen LogP contribution is 2.27. The number of carboxylic acids is 1. The van der Waals surface area contributed by atoms with E-state index in [-0.39, 0.29) is 11.7 Å². The zero-order chi connectivity index (χ0) is 9.84. The summed E-state index contributed by atoms with van der Waals surface area (Å²) in [6.45, 7) is 6.29. The first-order valence-corrected chi connectivity index (χ1v) is 5.30. The fourth-order valence-corrected chi connectivity index (χ4v) is 2.35. The van der Waals surface area contributed by atoms with Crippen molar-refractivity contribution in [2.45, 2.75) is 24.7 Å². The zero-order valence-corrected chi connectivity index (χ0v) is 8.47. The Balaban J connectivity index is 2.26. The van der Waals surface area contributed by atoms with Gasteiger partial charge in [-0.1, -0.05) is 6.58 Å². The molecule has 0 radical (unpaired) electrons. The summed E-state index contributed by atoms with van der Waals surface area (Å²) in [5, 5.41) is 9.00. The minimum atomic E-state index is -0.904. The molecule has 2 unspecified atom stereocenters. The van der Waals surface area contributed by atoms with Crippen LogP contribution in [0.1, 0.15) is 13.3 Å². The van der Waals surface area contributed by atoms with Gasteiger partial charge in [0.1, 0.15) is 0 Å². The summed E-state index contributed by atoms with van der Waals surface area (Å²) in [4.78, 5) is 10.4. The van der Waals surface area contributed by atoms with E-state index in [4.69, 9.17) is 9.84 Å². The van der Waals surface area contributed by atoms with Gasteiger partial charge in [-0.3, -0.25) is 0 Å². The molecule has 0 aromatic rings. The number of hydrogen-bond donors (Lipinski definition) is 1. The second-order valence-electron chi connectivity index (χ2n) is 3.12. The van der Waals surface area contributed by atoms with Crippen molar-refractivity contribution in [2.75, 3.05) is 12.4 Å². The molecule has 3 nitrogen and oxygen atoms in total. The minimum absolute atomic E-state index is 0.242. The predicted molar refractivity (Wildman–Crippen MR) is 53.1 cm³/mol. The Kier molecular flexibility index (Phi) is 3.81. The molecule has 1 N–H and O–H groups in total. The number of ether oxygens (including phenoxy) is 1. The lowest BCUT2D eigenvalue weighted by atomic mass is 10.3. The van der Waals surface area contributed by atoms with Gasteiger partial charge in [0, 0.05) is 23.2 Å². The molecule has 74 valence electrons. The van der Waals surface area contributed by atoms with Crippen LogP contribution in [0.15, 0.2) is 12.2 Å². The molecule has 1 rings (SSSR count). The lowest BCUT2D eigenvalue weighted by Crippen LogP contribution is -2.15. The predicted octanol–water partition coefficient (Wildman–Crippen LogP) is 1.54. The van der Waals surface area contributed by atoms with Gasteiger partial charge in [-0.2, -0.15) is 11.8 Å². The Morgan fingerprint density at radius 3 is 2.92 bits per heavy atom. The molecule has 1 fully saturated rings. The third-order valence-electron chi connectivity index (χ3n) is 2.08. The molecule has 13 heavy (non-hydrogen) atoms. The van der Waals surface area contributed by atoms with Crippen LogP contribution in [-0.2, 0) is 9.53 Å². The minimum Gasteiger partial charge on any atom is -0.478 e. The average molecular weight is 202 g/mol. The number of hydrogen-bond acceptors (Lipinski definition) is 3. The molecule has 0 amide bonds. The molecule has 0 aromatic heterocycles. The van der Waals surface area contributed by atoms with Crippen LogP contribution in [-0.4, -0.2) is 34.8 Å². The zero-order valence-electron chi connectivity index (χ0n) is 7.66. The number of rotatable bonds is 4. The summed E-state index contributed by atoms with van der Waals surface area (Å²) >= 11 is 1.62. The molecular formula is C9H14O3S. The summed E-state index contributed by atoms with van der Waals surface area (Å²) in [5.74, 6) is -0.410. The Morgan fingerprint density at radius 2 is 2.46 bits per heavy atom. The molecule has 0 aromatic carbocycles. The summed E-state index contributed by atoms with van der Waals surface area (Å²) < 4.78 is 5.36. The first-order valence-electron chi connectivity index (χ1n) is 4.25. The lowest BCUT2D eigenvalue weighted by molar-refractivity contribution is -0.132. The molecule has 1 aliphatic heterocycles. The summed E-state index contributed by atoms with van der Waals surface area (Å²) in [7, 11) is 0. The highest BCUT2D eigenvalue weighted by atomic mass is 32.2. The van der Waals surface area contributed by atoms with E-state index in [9.17, 15) is 4.79 Å². The lowest BCUT2D eigenvalue weighted by Gasteiger charge is -2.12. The van der Waals surface area contributed by atoms with Crippen LogP contribution in [0.4, 0.5) is 0 Å². The fraction of sp³-hybridized carbons (Fsp3) is 0.667. The molecule has 4 heteroatoms. The Morgan fingerprint density at radius 1 is 1.77 bits per heavy atom. The van der Waals surface area contributed by atoms with Gasteiger partial charge in [0.05, 0.1) is 6.10 Å².